The minimum Gasteiger partial charge on any atom is -0.494 e. The monoisotopic (exact) mass is 351 g/mol. The van der Waals surface area contributed by atoms with Crippen molar-refractivity contribution in [3.05, 3.63) is 65.7 Å². The summed E-state index contributed by atoms with van der Waals surface area (Å²) in [4.78, 5) is 14.6. The molecular weight excluding hydrogens is 326 g/mol. The molecule has 1 fully saturated rings. The Hall–Kier alpha value is -2.59. The molecule has 1 heterocycles. The molecule has 0 atom stereocenters. The van der Waals surface area contributed by atoms with E-state index in [0.717, 1.165) is 42.9 Å². The van der Waals surface area contributed by atoms with Crippen LogP contribution in [0.3, 0.4) is 0 Å². The maximum absolute atomic E-state index is 12.4. The second-order valence-electron chi connectivity index (χ2n) is 6.47. The highest BCUT2D eigenvalue weighted by Crippen LogP contribution is 2.21. The number of ether oxygens (including phenoxy) is 1. The Kier molecular flexibility index (Phi) is 6.08. The van der Waals surface area contributed by atoms with Gasteiger partial charge >= 0.3 is 0 Å². The topological polar surface area (TPSA) is 49.8 Å². The molecular formula is C22H25NO3. The second-order valence-corrected chi connectivity index (χ2v) is 6.47. The third-order valence-corrected chi connectivity index (χ3v) is 4.58. The number of rotatable bonds is 6. The molecule has 0 amide bonds. The van der Waals surface area contributed by atoms with Crippen molar-refractivity contribution >= 4 is 17.5 Å². The van der Waals surface area contributed by atoms with Crippen LogP contribution in [0.4, 0.5) is 5.69 Å². The van der Waals surface area contributed by atoms with Crippen LogP contribution in [0.25, 0.3) is 6.08 Å². The summed E-state index contributed by atoms with van der Waals surface area (Å²) in [5.74, 6) is 0.783. The molecule has 0 aliphatic carbocycles. The molecule has 2 aromatic carbocycles. The largest absolute Gasteiger partial charge is 0.494 e. The standard InChI is InChI=1S/C22H25NO3/c1-2-26-21-5-3-4-17(16-21)6-11-22(25)18-7-9-19(10-8-18)23-14-12-20(24)13-15-23/h3-11,16,20,24H,2,12-15H2,1H3/b11-6+. The first-order chi connectivity index (χ1) is 12.7. The molecule has 0 saturated carbocycles. The number of piperidine rings is 1. The molecule has 4 heteroatoms. The van der Waals surface area contributed by atoms with Crippen molar-refractivity contribution in [2.45, 2.75) is 25.9 Å². The minimum atomic E-state index is -0.182. The van der Waals surface area contributed by atoms with Gasteiger partial charge in [-0.1, -0.05) is 18.2 Å². The highest BCUT2D eigenvalue weighted by atomic mass is 16.5. The average Bonchev–Trinajstić information content (AvgIpc) is 2.67. The zero-order valence-electron chi connectivity index (χ0n) is 15.1. The first-order valence-electron chi connectivity index (χ1n) is 9.14. The van der Waals surface area contributed by atoms with Gasteiger partial charge in [0.25, 0.3) is 0 Å². The second kappa shape index (κ2) is 8.68. The Morgan fingerprint density at radius 3 is 2.62 bits per heavy atom. The molecule has 1 aliphatic rings. The van der Waals surface area contributed by atoms with Crippen molar-refractivity contribution in [3.63, 3.8) is 0 Å². The number of aliphatic hydroxyl groups is 1. The van der Waals surface area contributed by atoms with Crippen LogP contribution in [0, 0.1) is 0 Å². The molecule has 136 valence electrons. The number of carbonyl (C=O) groups excluding carboxylic acids is 1. The third kappa shape index (κ3) is 4.73. The van der Waals surface area contributed by atoms with Crippen LogP contribution in [0.1, 0.15) is 35.7 Å². The third-order valence-electron chi connectivity index (χ3n) is 4.58. The number of aliphatic hydroxyl groups excluding tert-OH is 1. The molecule has 3 rings (SSSR count). The molecule has 1 saturated heterocycles. The van der Waals surface area contributed by atoms with Gasteiger partial charge in [0, 0.05) is 24.3 Å². The molecule has 1 N–H and O–H groups in total. The zero-order valence-corrected chi connectivity index (χ0v) is 15.1. The summed E-state index contributed by atoms with van der Waals surface area (Å²) >= 11 is 0. The van der Waals surface area contributed by atoms with Gasteiger partial charge in [0.2, 0.25) is 0 Å². The van der Waals surface area contributed by atoms with E-state index in [2.05, 4.69) is 4.90 Å². The number of anilines is 1. The summed E-state index contributed by atoms with van der Waals surface area (Å²) in [6, 6.07) is 15.4. The lowest BCUT2D eigenvalue weighted by Crippen LogP contribution is -2.35. The van der Waals surface area contributed by atoms with Crippen LogP contribution in [0.5, 0.6) is 5.75 Å². The van der Waals surface area contributed by atoms with Crippen LogP contribution in [-0.2, 0) is 0 Å². The Labute approximate surface area is 154 Å². The van der Waals surface area contributed by atoms with Crippen molar-refractivity contribution in [2.75, 3.05) is 24.6 Å². The summed E-state index contributed by atoms with van der Waals surface area (Å²) < 4.78 is 5.48. The fourth-order valence-electron chi connectivity index (χ4n) is 3.10. The smallest absolute Gasteiger partial charge is 0.185 e. The van der Waals surface area contributed by atoms with E-state index in [4.69, 9.17) is 4.74 Å². The van der Waals surface area contributed by atoms with Gasteiger partial charge in [-0.3, -0.25) is 4.79 Å². The van der Waals surface area contributed by atoms with Gasteiger partial charge in [-0.15, -0.1) is 0 Å². The van der Waals surface area contributed by atoms with E-state index < -0.39 is 0 Å². The first kappa shape index (κ1) is 18.2. The van der Waals surface area contributed by atoms with Crippen LogP contribution in [0.15, 0.2) is 54.6 Å². The van der Waals surface area contributed by atoms with Crippen molar-refractivity contribution in [1.82, 2.24) is 0 Å². The maximum Gasteiger partial charge on any atom is 0.185 e. The predicted octanol–water partition coefficient (Wildman–Crippen LogP) is 3.94. The van der Waals surface area contributed by atoms with Gasteiger partial charge in [0.1, 0.15) is 5.75 Å². The molecule has 0 bridgehead atoms. The molecule has 2 aromatic rings. The number of hydrogen-bond donors (Lipinski definition) is 1. The maximum atomic E-state index is 12.4. The Morgan fingerprint density at radius 1 is 1.19 bits per heavy atom. The van der Waals surface area contributed by atoms with Crippen molar-refractivity contribution in [2.24, 2.45) is 0 Å². The minimum absolute atomic E-state index is 0.0209. The van der Waals surface area contributed by atoms with Crippen LogP contribution in [0.2, 0.25) is 0 Å². The van der Waals surface area contributed by atoms with E-state index in [0.29, 0.717) is 12.2 Å². The van der Waals surface area contributed by atoms with E-state index >= 15 is 0 Å². The molecule has 0 spiro atoms. The Balaban J connectivity index is 1.63. The number of ketones is 1. The quantitative estimate of drug-likeness (QED) is 0.633. The van der Waals surface area contributed by atoms with Crippen molar-refractivity contribution in [1.29, 1.82) is 0 Å². The SMILES string of the molecule is CCOc1cccc(/C=C/C(=O)c2ccc(N3CCC(O)CC3)cc2)c1. The summed E-state index contributed by atoms with van der Waals surface area (Å²) in [6.07, 6.45) is 4.81. The van der Waals surface area contributed by atoms with E-state index in [1.807, 2.05) is 61.5 Å². The molecule has 26 heavy (non-hydrogen) atoms. The molecule has 1 aliphatic heterocycles. The van der Waals surface area contributed by atoms with Crippen molar-refractivity contribution < 1.29 is 14.6 Å². The van der Waals surface area contributed by atoms with Crippen LogP contribution >= 0.6 is 0 Å². The van der Waals surface area contributed by atoms with Gasteiger partial charge in [-0.25, -0.2) is 0 Å². The van der Waals surface area contributed by atoms with Crippen LogP contribution in [-0.4, -0.2) is 36.7 Å². The van der Waals surface area contributed by atoms with Crippen LogP contribution < -0.4 is 9.64 Å². The lowest BCUT2D eigenvalue weighted by atomic mass is 10.1. The van der Waals surface area contributed by atoms with Gasteiger partial charge in [0.15, 0.2) is 5.78 Å². The van der Waals surface area contributed by atoms with E-state index in [1.54, 1.807) is 6.08 Å². The average molecular weight is 351 g/mol. The number of carbonyl (C=O) groups is 1. The van der Waals surface area contributed by atoms with Gasteiger partial charge in [0.05, 0.1) is 12.7 Å². The molecule has 0 unspecified atom stereocenters. The fraction of sp³-hybridized carbons (Fsp3) is 0.318. The highest BCUT2D eigenvalue weighted by molar-refractivity contribution is 6.07. The summed E-state index contributed by atoms with van der Waals surface area (Å²) in [5.41, 5.74) is 2.71. The number of hydrogen-bond acceptors (Lipinski definition) is 4. The molecule has 0 aromatic heterocycles. The predicted molar refractivity (Wildman–Crippen MR) is 105 cm³/mol. The van der Waals surface area contributed by atoms with E-state index in [-0.39, 0.29) is 11.9 Å². The van der Waals surface area contributed by atoms with E-state index in [9.17, 15) is 9.90 Å². The Bertz CT molecular complexity index is 759. The number of nitrogens with zero attached hydrogens (tertiary/aromatic N) is 1. The van der Waals surface area contributed by atoms with Crippen molar-refractivity contribution in [3.8, 4) is 5.75 Å². The molecule has 4 nitrogen and oxygen atoms in total. The summed E-state index contributed by atoms with van der Waals surface area (Å²) in [7, 11) is 0. The summed E-state index contributed by atoms with van der Waals surface area (Å²) in [6.45, 7) is 4.27. The van der Waals surface area contributed by atoms with E-state index in [1.165, 1.54) is 0 Å². The number of benzene rings is 2. The molecule has 0 radical (unpaired) electrons. The number of allylic oxidation sites excluding steroid dienone is 1. The van der Waals surface area contributed by atoms with Gasteiger partial charge in [-0.2, -0.15) is 0 Å². The lowest BCUT2D eigenvalue weighted by Gasteiger charge is -2.31. The fourth-order valence-corrected chi connectivity index (χ4v) is 3.10. The lowest BCUT2D eigenvalue weighted by molar-refractivity contribution is 0.104. The highest BCUT2D eigenvalue weighted by Gasteiger charge is 2.17. The summed E-state index contributed by atoms with van der Waals surface area (Å²) in [5, 5.41) is 9.60. The van der Waals surface area contributed by atoms with Gasteiger partial charge in [-0.05, 0) is 67.8 Å². The normalized spacial score (nSPS) is 15.4. The Morgan fingerprint density at radius 2 is 1.92 bits per heavy atom. The van der Waals surface area contributed by atoms with Gasteiger partial charge < -0.3 is 14.7 Å². The zero-order chi connectivity index (χ0) is 18.4. The first-order valence-corrected chi connectivity index (χ1v) is 9.14.